The normalized spacial score (nSPS) is 20.5. The van der Waals surface area contributed by atoms with Crippen LogP contribution >= 0.6 is 0 Å². The predicted octanol–water partition coefficient (Wildman–Crippen LogP) is 2.68. The topological polar surface area (TPSA) is 17.1 Å². The fraction of sp³-hybridized carbons (Fsp3) is 0.417. The molecule has 1 aliphatic carbocycles. The molecule has 1 aromatic carbocycles. The molecule has 68 valence electrons. The maximum Gasteiger partial charge on any atom is 0.166 e. The van der Waals surface area contributed by atoms with Crippen LogP contribution in [0, 0.1) is 19.8 Å². The van der Waals surface area contributed by atoms with Crippen LogP contribution in [-0.4, -0.2) is 5.78 Å². The van der Waals surface area contributed by atoms with Gasteiger partial charge in [0.05, 0.1) is 0 Å². The Morgan fingerprint density at radius 1 is 1.31 bits per heavy atom. The van der Waals surface area contributed by atoms with Crippen molar-refractivity contribution in [2.75, 3.05) is 0 Å². The lowest BCUT2D eigenvalue weighted by atomic mass is 10.0. The van der Waals surface area contributed by atoms with Crippen molar-refractivity contribution in [2.45, 2.75) is 27.2 Å². The van der Waals surface area contributed by atoms with Gasteiger partial charge in [0.1, 0.15) is 0 Å². The van der Waals surface area contributed by atoms with E-state index in [9.17, 15) is 4.79 Å². The van der Waals surface area contributed by atoms with Crippen molar-refractivity contribution in [3.8, 4) is 0 Å². The molecule has 0 bridgehead atoms. The van der Waals surface area contributed by atoms with Crippen molar-refractivity contribution < 1.29 is 4.79 Å². The lowest BCUT2D eigenvalue weighted by molar-refractivity contribution is 0.0946. The number of ketones is 1. The minimum Gasteiger partial charge on any atom is -0.294 e. The summed E-state index contributed by atoms with van der Waals surface area (Å²) in [6.45, 7) is 6.15. The van der Waals surface area contributed by atoms with Crippen LogP contribution in [0.1, 0.15) is 34.0 Å². The van der Waals surface area contributed by atoms with E-state index in [0.29, 0.717) is 5.78 Å². The number of rotatable bonds is 0. The molecule has 0 unspecified atom stereocenters. The summed E-state index contributed by atoms with van der Waals surface area (Å²) in [6.07, 6.45) is 0.931. The summed E-state index contributed by atoms with van der Waals surface area (Å²) < 4.78 is 0. The molecule has 0 spiro atoms. The molecule has 1 nitrogen and oxygen atoms in total. The van der Waals surface area contributed by atoms with E-state index in [-0.39, 0.29) is 5.92 Å². The summed E-state index contributed by atoms with van der Waals surface area (Å²) in [5, 5.41) is 0. The third-order valence-electron chi connectivity index (χ3n) is 2.84. The number of aryl methyl sites for hydroxylation is 2. The second-order valence-corrected chi connectivity index (χ2v) is 4.08. The van der Waals surface area contributed by atoms with Gasteiger partial charge < -0.3 is 0 Å². The standard InChI is InChI=1S/C12H14O/c1-7-4-8(2)10-6-9(3)12(13)11(10)5-7/h4-5,9H,6H2,1-3H3/t9-/m1/s1. The number of carbonyl (C=O) groups is 1. The summed E-state index contributed by atoms with van der Waals surface area (Å²) in [4.78, 5) is 11.7. The van der Waals surface area contributed by atoms with Gasteiger partial charge in [0.25, 0.3) is 0 Å². The first-order valence-electron chi connectivity index (χ1n) is 4.74. The van der Waals surface area contributed by atoms with Gasteiger partial charge in [-0.05, 0) is 37.5 Å². The van der Waals surface area contributed by atoms with E-state index in [1.807, 2.05) is 19.9 Å². The molecular formula is C12H14O. The van der Waals surface area contributed by atoms with Crippen LogP contribution in [0.25, 0.3) is 0 Å². The van der Waals surface area contributed by atoms with Gasteiger partial charge in [0, 0.05) is 11.5 Å². The van der Waals surface area contributed by atoms with Gasteiger partial charge >= 0.3 is 0 Å². The molecule has 0 amide bonds. The predicted molar refractivity (Wildman–Crippen MR) is 53.1 cm³/mol. The molecule has 1 atom stereocenters. The quantitative estimate of drug-likeness (QED) is 0.591. The number of Topliss-reactive ketones (excluding diaryl/α,β-unsaturated/α-hetero) is 1. The molecule has 0 aliphatic heterocycles. The molecule has 0 aromatic heterocycles. The maximum atomic E-state index is 11.7. The Labute approximate surface area is 78.8 Å². The number of fused-ring (bicyclic) bond motifs is 1. The molecule has 0 N–H and O–H groups in total. The molecule has 1 aromatic rings. The second kappa shape index (κ2) is 2.69. The van der Waals surface area contributed by atoms with E-state index in [1.54, 1.807) is 0 Å². The minimum absolute atomic E-state index is 0.190. The molecule has 0 radical (unpaired) electrons. The van der Waals surface area contributed by atoms with Gasteiger partial charge in [-0.25, -0.2) is 0 Å². The Bertz CT molecular complexity index is 377. The maximum absolute atomic E-state index is 11.7. The Morgan fingerprint density at radius 3 is 2.69 bits per heavy atom. The molecule has 1 aliphatic rings. The van der Waals surface area contributed by atoms with Gasteiger partial charge in [-0.1, -0.05) is 18.6 Å². The first-order chi connectivity index (χ1) is 6.09. The van der Waals surface area contributed by atoms with Crippen LogP contribution < -0.4 is 0 Å². The van der Waals surface area contributed by atoms with Crippen molar-refractivity contribution in [3.63, 3.8) is 0 Å². The Hall–Kier alpha value is -1.11. The number of benzene rings is 1. The summed E-state index contributed by atoms with van der Waals surface area (Å²) >= 11 is 0. The molecular weight excluding hydrogens is 160 g/mol. The van der Waals surface area contributed by atoms with Crippen LogP contribution in [0.15, 0.2) is 12.1 Å². The minimum atomic E-state index is 0.190. The third-order valence-corrected chi connectivity index (χ3v) is 2.84. The molecule has 0 fully saturated rings. The van der Waals surface area contributed by atoms with Crippen LogP contribution in [0.3, 0.4) is 0 Å². The van der Waals surface area contributed by atoms with Crippen molar-refractivity contribution >= 4 is 5.78 Å². The number of carbonyl (C=O) groups excluding carboxylic acids is 1. The Morgan fingerprint density at radius 2 is 2.00 bits per heavy atom. The van der Waals surface area contributed by atoms with Crippen LogP contribution in [-0.2, 0) is 6.42 Å². The Kier molecular flexibility index (Phi) is 1.76. The zero-order chi connectivity index (χ0) is 9.59. The Balaban J connectivity index is 2.64. The SMILES string of the molecule is Cc1cc(C)c2c(c1)C(=O)[C@H](C)C2. The summed E-state index contributed by atoms with van der Waals surface area (Å²) in [7, 11) is 0. The van der Waals surface area contributed by atoms with E-state index >= 15 is 0 Å². The molecule has 2 rings (SSSR count). The van der Waals surface area contributed by atoms with Crippen LogP contribution in [0.4, 0.5) is 0 Å². The highest BCUT2D eigenvalue weighted by Crippen LogP contribution is 2.29. The second-order valence-electron chi connectivity index (χ2n) is 4.08. The summed E-state index contributed by atoms with van der Waals surface area (Å²) in [5.74, 6) is 0.511. The molecule has 1 heteroatoms. The lowest BCUT2D eigenvalue weighted by Gasteiger charge is -2.03. The molecule has 13 heavy (non-hydrogen) atoms. The largest absolute Gasteiger partial charge is 0.294 e. The van der Waals surface area contributed by atoms with Crippen molar-refractivity contribution in [1.29, 1.82) is 0 Å². The average molecular weight is 174 g/mol. The van der Waals surface area contributed by atoms with Crippen molar-refractivity contribution in [1.82, 2.24) is 0 Å². The van der Waals surface area contributed by atoms with Crippen molar-refractivity contribution in [3.05, 3.63) is 34.4 Å². The number of hydrogen-bond donors (Lipinski definition) is 0. The smallest absolute Gasteiger partial charge is 0.166 e. The first kappa shape index (κ1) is 8.49. The lowest BCUT2D eigenvalue weighted by Crippen LogP contribution is -2.02. The summed E-state index contributed by atoms with van der Waals surface area (Å²) in [6, 6.07) is 4.18. The monoisotopic (exact) mass is 174 g/mol. The van der Waals surface area contributed by atoms with Gasteiger partial charge in [-0.2, -0.15) is 0 Å². The van der Waals surface area contributed by atoms with E-state index in [0.717, 1.165) is 12.0 Å². The van der Waals surface area contributed by atoms with Gasteiger partial charge in [0.15, 0.2) is 5.78 Å². The molecule has 0 heterocycles. The average Bonchev–Trinajstić information content (AvgIpc) is 2.32. The highest BCUT2D eigenvalue weighted by atomic mass is 16.1. The fourth-order valence-electron chi connectivity index (χ4n) is 2.15. The zero-order valence-corrected chi connectivity index (χ0v) is 8.35. The van der Waals surface area contributed by atoms with Gasteiger partial charge in [-0.3, -0.25) is 4.79 Å². The van der Waals surface area contributed by atoms with E-state index in [1.165, 1.54) is 16.7 Å². The van der Waals surface area contributed by atoms with Crippen LogP contribution in [0.2, 0.25) is 0 Å². The zero-order valence-electron chi connectivity index (χ0n) is 8.35. The third kappa shape index (κ3) is 1.19. The van der Waals surface area contributed by atoms with E-state index in [4.69, 9.17) is 0 Å². The van der Waals surface area contributed by atoms with E-state index < -0.39 is 0 Å². The highest BCUT2D eigenvalue weighted by molar-refractivity contribution is 6.02. The molecule has 0 saturated heterocycles. The summed E-state index contributed by atoms with van der Waals surface area (Å²) in [5.41, 5.74) is 4.69. The van der Waals surface area contributed by atoms with E-state index in [2.05, 4.69) is 13.0 Å². The van der Waals surface area contributed by atoms with Gasteiger partial charge in [-0.15, -0.1) is 0 Å². The van der Waals surface area contributed by atoms with Gasteiger partial charge in [0.2, 0.25) is 0 Å². The highest BCUT2D eigenvalue weighted by Gasteiger charge is 2.27. The number of hydrogen-bond acceptors (Lipinski definition) is 1. The van der Waals surface area contributed by atoms with Crippen molar-refractivity contribution in [2.24, 2.45) is 5.92 Å². The fourth-order valence-corrected chi connectivity index (χ4v) is 2.15. The van der Waals surface area contributed by atoms with Crippen LogP contribution in [0.5, 0.6) is 0 Å². The first-order valence-corrected chi connectivity index (χ1v) is 4.74. The molecule has 0 saturated carbocycles.